The highest BCUT2D eigenvalue weighted by Crippen LogP contribution is 2.40. The van der Waals surface area contributed by atoms with Crippen LogP contribution in [0.25, 0.3) is 0 Å². The molecule has 2 aliphatic rings. The zero-order chi connectivity index (χ0) is 22.6. The molecule has 33 heavy (non-hydrogen) atoms. The van der Waals surface area contributed by atoms with E-state index in [1.54, 1.807) is 30.5 Å². The Morgan fingerprint density at radius 1 is 1.03 bits per heavy atom. The normalized spacial score (nSPS) is 17.3. The van der Waals surface area contributed by atoms with E-state index in [1.807, 2.05) is 18.2 Å². The van der Waals surface area contributed by atoms with Crippen LogP contribution in [0.5, 0.6) is 0 Å². The van der Waals surface area contributed by atoms with Gasteiger partial charge in [0.25, 0.3) is 11.8 Å². The third-order valence-corrected chi connectivity index (χ3v) is 6.20. The number of amides is 2. The van der Waals surface area contributed by atoms with E-state index < -0.39 is 0 Å². The molecule has 1 aromatic carbocycles. The van der Waals surface area contributed by atoms with Crippen LogP contribution in [0.4, 0.5) is 5.82 Å². The van der Waals surface area contributed by atoms with Crippen LogP contribution in [-0.2, 0) is 0 Å². The van der Waals surface area contributed by atoms with E-state index >= 15 is 0 Å². The van der Waals surface area contributed by atoms with Crippen LogP contribution in [0, 0.1) is 5.92 Å². The number of rotatable bonds is 7. The molecule has 5 rings (SSSR count). The fraction of sp³-hybridized carbons (Fsp3) is 0.375. The molecular formula is C24H26N6O3. The summed E-state index contributed by atoms with van der Waals surface area (Å²) in [5.41, 5.74) is 1.67. The van der Waals surface area contributed by atoms with Crippen molar-refractivity contribution in [1.82, 2.24) is 26.0 Å². The molecule has 1 aliphatic heterocycles. The fourth-order valence-electron chi connectivity index (χ4n) is 4.25. The first-order valence-electron chi connectivity index (χ1n) is 11.3. The minimum Gasteiger partial charge on any atom is -0.360 e. The van der Waals surface area contributed by atoms with E-state index in [9.17, 15) is 9.59 Å². The summed E-state index contributed by atoms with van der Waals surface area (Å²) in [5.74, 6) is 1.25. The summed E-state index contributed by atoms with van der Waals surface area (Å²) in [6.07, 6.45) is 5.56. The van der Waals surface area contributed by atoms with Gasteiger partial charge in [-0.1, -0.05) is 17.3 Å². The molecule has 3 heterocycles. The molecule has 3 aromatic rings. The number of carbonyl (C=O) groups is 2. The molecule has 1 saturated carbocycles. The van der Waals surface area contributed by atoms with Crippen molar-refractivity contribution in [1.29, 1.82) is 0 Å². The lowest BCUT2D eigenvalue weighted by molar-refractivity contribution is 0.0904. The average Bonchev–Trinajstić information content (AvgIpc) is 3.59. The quantitative estimate of drug-likeness (QED) is 0.510. The van der Waals surface area contributed by atoms with Crippen molar-refractivity contribution in [3.05, 3.63) is 71.2 Å². The molecule has 0 bridgehead atoms. The molecular weight excluding hydrogens is 420 g/mol. The van der Waals surface area contributed by atoms with Crippen molar-refractivity contribution in [2.24, 2.45) is 5.92 Å². The number of nitrogens with one attached hydrogen (secondary N) is 3. The molecule has 1 aliphatic carbocycles. The summed E-state index contributed by atoms with van der Waals surface area (Å²) in [5, 5.41) is 21.0. The second-order valence-corrected chi connectivity index (χ2v) is 8.62. The molecule has 9 heteroatoms. The molecule has 0 spiro atoms. The van der Waals surface area contributed by atoms with Gasteiger partial charge in [0.05, 0.1) is 6.04 Å². The minimum atomic E-state index is -0.279. The Bertz CT molecular complexity index is 1120. The van der Waals surface area contributed by atoms with Gasteiger partial charge in [0.1, 0.15) is 5.76 Å². The number of hydrogen-bond acceptors (Lipinski definition) is 7. The maximum absolute atomic E-state index is 13.0. The van der Waals surface area contributed by atoms with Crippen molar-refractivity contribution >= 4 is 17.6 Å². The molecule has 2 amide bonds. The van der Waals surface area contributed by atoms with Gasteiger partial charge < -0.3 is 20.5 Å². The first-order chi connectivity index (χ1) is 16.2. The number of carbonyl (C=O) groups excluding carboxylic acids is 2. The van der Waals surface area contributed by atoms with Gasteiger partial charge in [-0.05, 0) is 74.5 Å². The van der Waals surface area contributed by atoms with Crippen LogP contribution in [0.3, 0.4) is 0 Å². The van der Waals surface area contributed by atoms with Crippen molar-refractivity contribution in [2.75, 3.05) is 18.4 Å². The average molecular weight is 447 g/mol. The molecule has 9 nitrogen and oxygen atoms in total. The highest BCUT2D eigenvalue weighted by Gasteiger charge is 2.31. The lowest BCUT2D eigenvalue weighted by atomic mass is 9.85. The first-order valence-corrected chi connectivity index (χ1v) is 11.3. The van der Waals surface area contributed by atoms with E-state index in [0.29, 0.717) is 23.0 Å². The molecule has 2 aromatic heterocycles. The monoisotopic (exact) mass is 446 g/mol. The number of piperidine rings is 1. The smallest absolute Gasteiger partial charge is 0.273 e. The highest BCUT2D eigenvalue weighted by molar-refractivity contribution is 6.03. The number of benzene rings is 1. The van der Waals surface area contributed by atoms with Gasteiger partial charge in [0.15, 0.2) is 11.5 Å². The van der Waals surface area contributed by atoms with E-state index in [2.05, 4.69) is 31.3 Å². The lowest BCUT2D eigenvalue weighted by Crippen LogP contribution is -2.39. The van der Waals surface area contributed by atoms with E-state index in [4.69, 9.17) is 4.52 Å². The van der Waals surface area contributed by atoms with Gasteiger partial charge in [0.2, 0.25) is 0 Å². The summed E-state index contributed by atoms with van der Waals surface area (Å²) in [4.78, 5) is 25.8. The predicted octanol–water partition coefficient (Wildman–Crippen LogP) is 3.07. The summed E-state index contributed by atoms with van der Waals surface area (Å²) < 4.78 is 5.36. The van der Waals surface area contributed by atoms with Crippen molar-refractivity contribution in [2.45, 2.75) is 37.6 Å². The maximum Gasteiger partial charge on any atom is 0.273 e. The van der Waals surface area contributed by atoms with Crippen LogP contribution in [0.1, 0.15) is 69.8 Å². The Labute approximate surface area is 191 Å². The number of anilines is 1. The molecule has 1 atom stereocenters. The Morgan fingerprint density at radius 3 is 2.64 bits per heavy atom. The van der Waals surface area contributed by atoms with Crippen molar-refractivity contribution in [3.63, 3.8) is 0 Å². The Balaban J connectivity index is 1.37. The van der Waals surface area contributed by atoms with Crippen LogP contribution < -0.4 is 16.0 Å². The lowest BCUT2D eigenvalue weighted by Gasteiger charge is -2.31. The standard InChI is InChI=1S/C24H26N6O3/c31-23(27-21-5-2-10-26-29-21)18-4-1-3-17(13-18)22(16-8-11-25-12-9-16)28-24(32)19-14-20(33-30-19)15-6-7-15/h1-5,10,13-16,22,25H,6-9,11-12H2,(H,28,32)(H,27,29,31). The van der Waals surface area contributed by atoms with E-state index in [1.165, 1.54) is 0 Å². The minimum absolute atomic E-state index is 0.239. The van der Waals surface area contributed by atoms with Gasteiger partial charge in [-0.3, -0.25) is 9.59 Å². The molecule has 1 saturated heterocycles. The largest absolute Gasteiger partial charge is 0.360 e. The summed E-state index contributed by atoms with van der Waals surface area (Å²) in [6, 6.07) is 12.3. The SMILES string of the molecule is O=C(Nc1cccnn1)c1cccc(C(NC(=O)c2cc(C3CC3)on2)C2CCNCC2)c1. The Kier molecular flexibility index (Phi) is 6.12. The van der Waals surface area contributed by atoms with E-state index in [0.717, 1.165) is 50.1 Å². The molecule has 0 radical (unpaired) electrons. The number of aromatic nitrogens is 3. The highest BCUT2D eigenvalue weighted by atomic mass is 16.5. The van der Waals surface area contributed by atoms with Gasteiger partial charge in [-0.15, -0.1) is 5.10 Å². The van der Waals surface area contributed by atoms with Gasteiger partial charge in [0, 0.05) is 23.7 Å². The van der Waals surface area contributed by atoms with Crippen LogP contribution in [0.2, 0.25) is 0 Å². The molecule has 170 valence electrons. The van der Waals surface area contributed by atoms with Gasteiger partial charge in [-0.25, -0.2) is 0 Å². The third kappa shape index (κ3) is 5.09. The van der Waals surface area contributed by atoms with Gasteiger partial charge >= 0.3 is 0 Å². The van der Waals surface area contributed by atoms with E-state index in [-0.39, 0.29) is 23.8 Å². The maximum atomic E-state index is 13.0. The Hall–Kier alpha value is -3.59. The second-order valence-electron chi connectivity index (χ2n) is 8.62. The molecule has 1 unspecified atom stereocenters. The zero-order valence-electron chi connectivity index (χ0n) is 18.2. The van der Waals surface area contributed by atoms with Crippen LogP contribution in [0.15, 0.2) is 53.2 Å². The van der Waals surface area contributed by atoms with Crippen LogP contribution in [-0.4, -0.2) is 40.3 Å². The third-order valence-electron chi connectivity index (χ3n) is 6.20. The summed E-state index contributed by atoms with van der Waals surface area (Å²) in [6.45, 7) is 1.78. The van der Waals surface area contributed by atoms with Crippen LogP contribution >= 0.6 is 0 Å². The Morgan fingerprint density at radius 2 is 1.88 bits per heavy atom. The molecule has 3 N–H and O–H groups in total. The van der Waals surface area contributed by atoms with Gasteiger partial charge in [-0.2, -0.15) is 5.10 Å². The second kappa shape index (κ2) is 9.50. The number of nitrogens with zero attached hydrogens (tertiary/aromatic N) is 3. The zero-order valence-corrected chi connectivity index (χ0v) is 18.2. The predicted molar refractivity (Wildman–Crippen MR) is 121 cm³/mol. The first kappa shape index (κ1) is 21.3. The van der Waals surface area contributed by atoms with Crippen molar-refractivity contribution < 1.29 is 14.1 Å². The van der Waals surface area contributed by atoms with Crippen molar-refractivity contribution in [3.8, 4) is 0 Å². The molecule has 2 fully saturated rings. The summed E-state index contributed by atoms with van der Waals surface area (Å²) in [7, 11) is 0. The summed E-state index contributed by atoms with van der Waals surface area (Å²) >= 11 is 0. The topological polar surface area (TPSA) is 122 Å². The number of hydrogen-bond donors (Lipinski definition) is 3. The fourth-order valence-corrected chi connectivity index (χ4v) is 4.25.